The molecule has 0 aromatic heterocycles. The predicted octanol–water partition coefficient (Wildman–Crippen LogP) is 4.38. The third-order valence-corrected chi connectivity index (χ3v) is 5.25. The molecular formula is C21H27NO. The van der Waals surface area contributed by atoms with Crippen LogP contribution >= 0.6 is 0 Å². The Morgan fingerprint density at radius 2 is 1.30 bits per heavy atom. The number of aliphatic hydroxyl groups is 1. The van der Waals surface area contributed by atoms with E-state index in [9.17, 15) is 5.11 Å². The molecule has 1 aliphatic rings. The van der Waals surface area contributed by atoms with Crippen molar-refractivity contribution >= 4 is 0 Å². The van der Waals surface area contributed by atoms with Crippen LogP contribution in [0.5, 0.6) is 0 Å². The molecule has 2 nitrogen and oxygen atoms in total. The molecule has 1 saturated carbocycles. The minimum absolute atomic E-state index is 0.158. The first-order valence-electron chi connectivity index (χ1n) is 8.72. The number of hydrogen-bond acceptors (Lipinski definition) is 2. The standard InChI is InChI=1S/C21H27NO/c1-18(21(23)14-8-9-15-21)22(16-19-10-4-2-5-11-19)17-20-12-6-3-7-13-20/h2-7,10-13,18,23H,8-9,14-17H2,1H3/t18-/m1/s1. The SMILES string of the molecule is C[C@@H](N(Cc1ccccc1)Cc1ccccc1)C1(O)CCCC1. The Bertz CT molecular complexity index is 548. The number of benzene rings is 2. The van der Waals surface area contributed by atoms with Gasteiger partial charge >= 0.3 is 0 Å². The van der Waals surface area contributed by atoms with Crippen LogP contribution in [0.3, 0.4) is 0 Å². The van der Waals surface area contributed by atoms with Gasteiger partial charge < -0.3 is 5.11 Å². The van der Waals surface area contributed by atoms with Gasteiger partial charge in [0.15, 0.2) is 0 Å². The van der Waals surface area contributed by atoms with Gasteiger partial charge in [-0.2, -0.15) is 0 Å². The Kier molecular flexibility index (Phi) is 5.14. The van der Waals surface area contributed by atoms with Crippen molar-refractivity contribution < 1.29 is 5.11 Å². The third-order valence-electron chi connectivity index (χ3n) is 5.25. The molecule has 0 radical (unpaired) electrons. The monoisotopic (exact) mass is 309 g/mol. The van der Waals surface area contributed by atoms with Crippen molar-refractivity contribution in [2.24, 2.45) is 0 Å². The Morgan fingerprint density at radius 1 is 0.870 bits per heavy atom. The Morgan fingerprint density at radius 3 is 1.74 bits per heavy atom. The smallest absolute Gasteiger partial charge is 0.0799 e. The molecule has 23 heavy (non-hydrogen) atoms. The van der Waals surface area contributed by atoms with Gasteiger partial charge in [-0.25, -0.2) is 0 Å². The second-order valence-electron chi connectivity index (χ2n) is 6.86. The Labute approximate surface area is 139 Å². The van der Waals surface area contributed by atoms with Crippen LogP contribution in [0.4, 0.5) is 0 Å². The lowest BCUT2D eigenvalue weighted by Gasteiger charge is -2.39. The first kappa shape index (κ1) is 16.2. The number of rotatable bonds is 6. The minimum atomic E-state index is -0.538. The van der Waals surface area contributed by atoms with E-state index in [0.717, 1.165) is 38.8 Å². The maximum Gasteiger partial charge on any atom is 0.0799 e. The van der Waals surface area contributed by atoms with Crippen LogP contribution in [-0.4, -0.2) is 21.6 Å². The van der Waals surface area contributed by atoms with E-state index in [-0.39, 0.29) is 6.04 Å². The zero-order valence-corrected chi connectivity index (χ0v) is 14.0. The van der Waals surface area contributed by atoms with Crippen LogP contribution < -0.4 is 0 Å². The summed E-state index contributed by atoms with van der Waals surface area (Å²) in [7, 11) is 0. The zero-order chi connectivity index (χ0) is 16.1. The molecule has 0 heterocycles. The van der Waals surface area contributed by atoms with Crippen LogP contribution in [0.1, 0.15) is 43.7 Å². The van der Waals surface area contributed by atoms with Gasteiger partial charge in [0, 0.05) is 19.1 Å². The maximum atomic E-state index is 11.0. The van der Waals surface area contributed by atoms with E-state index in [0.29, 0.717) is 0 Å². The molecule has 0 aliphatic heterocycles. The maximum absolute atomic E-state index is 11.0. The lowest BCUT2D eigenvalue weighted by molar-refractivity contribution is -0.0415. The van der Waals surface area contributed by atoms with Crippen LogP contribution in [-0.2, 0) is 13.1 Å². The molecule has 122 valence electrons. The van der Waals surface area contributed by atoms with E-state index in [4.69, 9.17) is 0 Å². The van der Waals surface area contributed by atoms with Crippen molar-refractivity contribution in [2.75, 3.05) is 0 Å². The summed E-state index contributed by atoms with van der Waals surface area (Å²) in [5.41, 5.74) is 2.07. The average Bonchev–Trinajstić information content (AvgIpc) is 3.03. The molecule has 2 heteroatoms. The summed E-state index contributed by atoms with van der Waals surface area (Å²) in [6.07, 6.45) is 4.14. The molecular weight excluding hydrogens is 282 g/mol. The average molecular weight is 309 g/mol. The molecule has 0 amide bonds. The lowest BCUT2D eigenvalue weighted by atomic mass is 9.91. The van der Waals surface area contributed by atoms with Crippen molar-refractivity contribution in [2.45, 2.75) is 57.3 Å². The van der Waals surface area contributed by atoms with Gasteiger partial charge in [0.05, 0.1) is 5.60 Å². The Balaban J connectivity index is 1.80. The van der Waals surface area contributed by atoms with Gasteiger partial charge in [0.25, 0.3) is 0 Å². The molecule has 0 unspecified atom stereocenters. The van der Waals surface area contributed by atoms with Gasteiger partial charge in [-0.05, 0) is 30.9 Å². The summed E-state index contributed by atoms with van der Waals surface area (Å²) in [5, 5.41) is 11.0. The van der Waals surface area contributed by atoms with E-state index in [1.54, 1.807) is 0 Å². The topological polar surface area (TPSA) is 23.5 Å². The fraction of sp³-hybridized carbons (Fsp3) is 0.429. The first-order valence-corrected chi connectivity index (χ1v) is 8.72. The van der Waals surface area contributed by atoms with Crippen molar-refractivity contribution in [3.05, 3.63) is 71.8 Å². The largest absolute Gasteiger partial charge is 0.388 e. The van der Waals surface area contributed by atoms with E-state index in [1.807, 2.05) is 0 Å². The van der Waals surface area contributed by atoms with Crippen molar-refractivity contribution in [1.82, 2.24) is 4.90 Å². The fourth-order valence-electron chi connectivity index (χ4n) is 3.71. The van der Waals surface area contributed by atoms with Crippen molar-refractivity contribution in [3.63, 3.8) is 0 Å². The molecule has 0 spiro atoms. The second-order valence-corrected chi connectivity index (χ2v) is 6.86. The summed E-state index contributed by atoms with van der Waals surface area (Å²) in [6, 6.07) is 21.3. The highest BCUT2D eigenvalue weighted by Crippen LogP contribution is 2.35. The Hall–Kier alpha value is -1.64. The summed E-state index contributed by atoms with van der Waals surface area (Å²) >= 11 is 0. The summed E-state index contributed by atoms with van der Waals surface area (Å²) < 4.78 is 0. The molecule has 2 aromatic rings. The molecule has 1 fully saturated rings. The highest BCUT2D eigenvalue weighted by atomic mass is 16.3. The van der Waals surface area contributed by atoms with Gasteiger partial charge in [-0.3, -0.25) is 4.90 Å². The zero-order valence-electron chi connectivity index (χ0n) is 14.0. The van der Waals surface area contributed by atoms with Crippen LogP contribution in [0.2, 0.25) is 0 Å². The molecule has 2 aromatic carbocycles. The van der Waals surface area contributed by atoms with E-state index < -0.39 is 5.60 Å². The molecule has 1 N–H and O–H groups in total. The van der Waals surface area contributed by atoms with Crippen molar-refractivity contribution in [3.8, 4) is 0 Å². The summed E-state index contributed by atoms with van der Waals surface area (Å²) in [4.78, 5) is 2.43. The molecule has 1 atom stereocenters. The molecule has 0 bridgehead atoms. The quantitative estimate of drug-likeness (QED) is 0.856. The van der Waals surface area contributed by atoms with Crippen LogP contribution in [0, 0.1) is 0 Å². The number of nitrogens with zero attached hydrogens (tertiary/aromatic N) is 1. The lowest BCUT2D eigenvalue weighted by Crippen LogP contribution is -2.48. The highest BCUT2D eigenvalue weighted by Gasteiger charge is 2.39. The van der Waals surface area contributed by atoms with E-state index in [1.165, 1.54) is 11.1 Å². The predicted molar refractivity (Wildman–Crippen MR) is 95.0 cm³/mol. The van der Waals surface area contributed by atoms with Crippen LogP contribution in [0.25, 0.3) is 0 Å². The first-order chi connectivity index (χ1) is 11.2. The molecule has 3 rings (SSSR count). The second kappa shape index (κ2) is 7.29. The van der Waals surface area contributed by atoms with Gasteiger partial charge in [-0.15, -0.1) is 0 Å². The highest BCUT2D eigenvalue weighted by molar-refractivity contribution is 5.18. The van der Waals surface area contributed by atoms with Gasteiger partial charge in [0.1, 0.15) is 0 Å². The van der Waals surface area contributed by atoms with Crippen molar-refractivity contribution in [1.29, 1.82) is 0 Å². The summed E-state index contributed by atoms with van der Waals surface area (Å²) in [5.74, 6) is 0. The third kappa shape index (κ3) is 4.01. The minimum Gasteiger partial charge on any atom is -0.388 e. The number of hydrogen-bond donors (Lipinski definition) is 1. The summed E-state index contributed by atoms with van der Waals surface area (Å²) in [6.45, 7) is 3.94. The van der Waals surface area contributed by atoms with Crippen LogP contribution in [0.15, 0.2) is 60.7 Å². The molecule has 1 aliphatic carbocycles. The van der Waals surface area contributed by atoms with Gasteiger partial charge in [-0.1, -0.05) is 73.5 Å². The van der Waals surface area contributed by atoms with E-state index in [2.05, 4.69) is 72.5 Å². The normalized spacial score (nSPS) is 18.2. The van der Waals surface area contributed by atoms with Gasteiger partial charge in [0.2, 0.25) is 0 Å². The fourth-order valence-corrected chi connectivity index (χ4v) is 3.71. The molecule has 0 saturated heterocycles. The van der Waals surface area contributed by atoms with E-state index >= 15 is 0 Å².